The quantitative estimate of drug-likeness (QED) is 0.754. The molecule has 1 heteroatoms. The molecule has 1 unspecified atom stereocenters. The average molecular weight is 214 g/mol. The van der Waals surface area contributed by atoms with Gasteiger partial charge in [-0.25, -0.2) is 0 Å². The molecule has 0 aliphatic carbocycles. The van der Waals surface area contributed by atoms with E-state index in [1.807, 2.05) is 42.5 Å². The normalized spacial score (nSPS) is 15.9. The van der Waals surface area contributed by atoms with E-state index >= 15 is 0 Å². The predicted octanol–water partition coefficient (Wildman–Crippen LogP) is 3.95. The van der Waals surface area contributed by atoms with E-state index in [0.717, 1.165) is 16.8 Å². The van der Waals surface area contributed by atoms with Crippen molar-refractivity contribution in [1.82, 2.24) is 4.98 Å². The molecule has 0 N–H and O–H groups in total. The van der Waals surface area contributed by atoms with Crippen LogP contribution in [0.4, 0.5) is 0 Å². The largest absolute Gasteiger partial charge is 0.256 e. The standard InChI is InChI=1S/C15H17N/c1-12(2)10-13-8-9-16-15(11-13)14-6-4-3-5-7-14/h3-9,11-12H,10H2,1-2H3/i1D3. The van der Waals surface area contributed by atoms with Crippen LogP contribution in [-0.2, 0) is 6.42 Å². The van der Waals surface area contributed by atoms with Crippen molar-refractivity contribution in [2.24, 2.45) is 5.92 Å². The van der Waals surface area contributed by atoms with Crippen LogP contribution in [0.5, 0.6) is 0 Å². The van der Waals surface area contributed by atoms with Crippen molar-refractivity contribution in [2.45, 2.75) is 20.2 Å². The number of benzene rings is 1. The van der Waals surface area contributed by atoms with Gasteiger partial charge in [-0.3, -0.25) is 4.98 Å². The van der Waals surface area contributed by atoms with Gasteiger partial charge in [-0.05, 0) is 30.0 Å². The van der Waals surface area contributed by atoms with Crippen molar-refractivity contribution in [3.8, 4) is 11.3 Å². The lowest BCUT2D eigenvalue weighted by molar-refractivity contribution is 0.647. The van der Waals surface area contributed by atoms with E-state index in [1.165, 1.54) is 0 Å². The molecule has 2 aromatic rings. The Hall–Kier alpha value is -1.63. The van der Waals surface area contributed by atoms with Crippen LogP contribution >= 0.6 is 0 Å². The third-order valence-corrected chi connectivity index (χ3v) is 2.44. The van der Waals surface area contributed by atoms with E-state index in [9.17, 15) is 0 Å². The minimum Gasteiger partial charge on any atom is -0.256 e. The van der Waals surface area contributed by atoms with Crippen LogP contribution in [0.2, 0.25) is 0 Å². The van der Waals surface area contributed by atoms with E-state index in [2.05, 4.69) is 4.98 Å². The molecule has 16 heavy (non-hydrogen) atoms. The molecule has 0 fully saturated rings. The van der Waals surface area contributed by atoms with Gasteiger partial charge < -0.3 is 0 Å². The van der Waals surface area contributed by atoms with Crippen LogP contribution in [0.25, 0.3) is 11.3 Å². The number of rotatable bonds is 3. The zero-order valence-corrected chi connectivity index (χ0v) is 9.35. The Kier molecular flexibility index (Phi) is 2.35. The van der Waals surface area contributed by atoms with Gasteiger partial charge >= 0.3 is 0 Å². The van der Waals surface area contributed by atoms with Crippen LogP contribution < -0.4 is 0 Å². The summed E-state index contributed by atoms with van der Waals surface area (Å²) in [6.07, 6.45) is 2.28. The van der Waals surface area contributed by atoms with Crippen molar-refractivity contribution < 1.29 is 4.11 Å². The van der Waals surface area contributed by atoms with Crippen LogP contribution in [0.3, 0.4) is 0 Å². The Bertz CT molecular complexity index is 535. The molecule has 0 radical (unpaired) electrons. The molecule has 0 saturated heterocycles. The van der Waals surface area contributed by atoms with Crippen molar-refractivity contribution in [3.63, 3.8) is 0 Å². The van der Waals surface area contributed by atoms with Crippen LogP contribution in [0.1, 0.15) is 23.5 Å². The monoisotopic (exact) mass is 214 g/mol. The molecule has 1 atom stereocenters. The minimum absolute atomic E-state index is 0.349. The lowest BCUT2D eigenvalue weighted by atomic mass is 10.0. The molecular weight excluding hydrogens is 194 g/mol. The molecule has 82 valence electrons. The number of aromatic nitrogens is 1. The van der Waals surface area contributed by atoms with Gasteiger partial charge in [0.1, 0.15) is 0 Å². The lowest BCUT2D eigenvalue weighted by Crippen LogP contribution is -1.95. The van der Waals surface area contributed by atoms with Crippen molar-refractivity contribution in [1.29, 1.82) is 0 Å². The van der Waals surface area contributed by atoms with Gasteiger partial charge in [0.2, 0.25) is 0 Å². The Morgan fingerprint density at radius 2 is 2.06 bits per heavy atom. The van der Waals surface area contributed by atoms with E-state index in [4.69, 9.17) is 4.11 Å². The summed E-state index contributed by atoms with van der Waals surface area (Å²) in [4.78, 5) is 4.34. The van der Waals surface area contributed by atoms with E-state index in [0.29, 0.717) is 6.42 Å². The third kappa shape index (κ3) is 2.69. The summed E-state index contributed by atoms with van der Waals surface area (Å²) in [6, 6.07) is 13.7. The maximum atomic E-state index is 7.42. The molecule has 0 aliphatic rings. The second-order valence-electron chi connectivity index (χ2n) is 4.02. The highest BCUT2D eigenvalue weighted by molar-refractivity contribution is 5.59. The highest BCUT2D eigenvalue weighted by Gasteiger charge is 2.01. The Morgan fingerprint density at radius 1 is 1.25 bits per heavy atom. The average Bonchev–Trinajstić information content (AvgIpc) is 2.39. The fourth-order valence-corrected chi connectivity index (χ4v) is 1.72. The molecule has 0 aliphatic heterocycles. The second kappa shape index (κ2) is 4.93. The van der Waals surface area contributed by atoms with Gasteiger partial charge in [-0.2, -0.15) is 0 Å². The van der Waals surface area contributed by atoms with E-state index in [1.54, 1.807) is 13.1 Å². The maximum Gasteiger partial charge on any atom is 0.0704 e. The Balaban J connectivity index is 2.21. The first-order valence-electron chi connectivity index (χ1n) is 6.97. The molecule has 1 nitrogen and oxygen atoms in total. The first kappa shape index (κ1) is 7.61. The summed E-state index contributed by atoms with van der Waals surface area (Å²) in [6.45, 7) is -0.147. The summed E-state index contributed by atoms with van der Waals surface area (Å²) in [5.74, 6) is -0.349. The Morgan fingerprint density at radius 3 is 2.81 bits per heavy atom. The Labute approximate surface area is 101 Å². The third-order valence-electron chi connectivity index (χ3n) is 2.44. The molecule has 0 spiro atoms. The van der Waals surface area contributed by atoms with Crippen LogP contribution in [0.15, 0.2) is 48.7 Å². The second-order valence-corrected chi connectivity index (χ2v) is 4.02. The summed E-state index contributed by atoms with van der Waals surface area (Å²) in [5, 5.41) is 0. The van der Waals surface area contributed by atoms with Gasteiger partial charge in [-0.1, -0.05) is 44.1 Å². The highest BCUT2D eigenvalue weighted by Crippen LogP contribution is 2.18. The molecule has 1 aromatic carbocycles. The first-order valence-corrected chi connectivity index (χ1v) is 5.47. The number of hydrogen-bond donors (Lipinski definition) is 0. The highest BCUT2D eigenvalue weighted by atomic mass is 14.7. The van der Waals surface area contributed by atoms with Crippen molar-refractivity contribution in [3.05, 3.63) is 54.2 Å². The van der Waals surface area contributed by atoms with Gasteiger partial charge in [0.15, 0.2) is 0 Å². The molecule has 2 rings (SSSR count). The lowest BCUT2D eigenvalue weighted by Gasteiger charge is -2.06. The zero-order valence-electron chi connectivity index (χ0n) is 12.4. The number of pyridine rings is 1. The molecule has 0 bridgehead atoms. The molecule has 0 saturated carbocycles. The summed E-state index contributed by atoms with van der Waals surface area (Å²) >= 11 is 0. The predicted molar refractivity (Wildman–Crippen MR) is 68.2 cm³/mol. The van der Waals surface area contributed by atoms with Crippen LogP contribution in [-0.4, -0.2) is 4.98 Å². The fourth-order valence-electron chi connectivity index (χ4n) is 1.72. The topological polar surface area (TPSA) is 12.9 Å². The molecular formula is C15H17N. The number of nitrogens with zero attached hydrogens (tertiary/aromatic N) is 1. The molecule has 0 amide bonds. The van der Waals surface area contributed by atoms with Crippen LogP contribution in [0, 0.1) is 5.92 Å². The fraction of sp³-hybridized carbons (Fsp3) is 0.267. The van der Waals surface area contributed by atoms with Crippen molar-refractivity contribution >= 4 is 0 Å². The van der Waals surface area contributed by atoms with Crippen molar-refractivity contribution in [2.75, 3.05) is 0 Å². The number of hydrogen-bond acceptors (Lipinski definition) is 1. The first-order chi connectivity index (χ1) is 8.97. The zero-order chi connectivity index (χ0) is 13.9. The summed E-state index contributed by atoms with van der Waals surface area (Å²) in [7, 11) is 0. The van der Waals surface area contributed by atoms with E-state index < -0.39 is 6.85 Å². The smallest absolute Gasteiger partial charge is 0.0704 e. The minimum atomic E-state index is -1.91. The summed E-state index contributed by atoms with van der Waals surface area (Å²) in [5.41, 5.74) is 2.94. The van der Waals surface area contributed by atoms with Gasteiger partial charge in [0.25, 0.3) is 0 Å². The summed E-state index contributed by atoms with van der Waals surface area (Å²) < 4.78 is 22.3. The maximum absolute atomic E-state index is 7.42. The van der Waals surface area contributed by atoms with E-state index in [-0.39, 0.29) is 5.92 Å². The van der Waals surface area contributed by atoms with Gasteiger partial charge in [-0.15, -0.1) is 0 Å². The SMILES string of the molecule is [2H]C([2H])([2H])C(C)Cc1ccnc(-c2ccccc2)c1. The molecule has 1 aromatic heterocycles. The van der Waals surface area contributed by atoms with Gasteiger partial charge in [0.05, 0.1) is 5.69 Å². The molecule has 1 heterocycles. The van der Waals surface area contributed by atoms with Gasteiger partial charge in [0, 0.05) is 15.9 Å².